The normalized spacial score (nSPS) is 10.6. The third-order valence-electron chi connectivity index (χ3n) is 3.77. The van der Waals surface area contributed by atoms with E-state index in [0.29, 0.717) is 22.5 Å². The zero-order valence-electron chi connectivity index (χ0n) is 14.5. The Morgan fingerprint density at radius 3 is 2.59 bits per heavy atom. The van der Waals surface area contributed by atoms with Gasteiger partial charge in [-0.3, -0.25) is 15.0 Å². The van der Waals surface area contributed by atoms with Crippen LogP contribution in [-0.4, -0.2) is 41.3 Å². The monoisotopic (exact) mass is 367 g/mol. The van der Waals surface area contributed by atoms with Gasteiger partial charge in [0.15, 0.2) is 0 Å². The second-order valence-corrected chi connectivity index (χ2v) is 5.61. The molecule has 9 heteroatoms. The summed E-state index contributed by atoms with van der Waals surface area (Å²) in [5.74, 6) is -0.515. The highest BCUT2D eigenvalue weighted by molar-refractivity contribution is 5.95. The fourth-order valence-corrected chi connectivity index (χ4v) is 2.33. The lowest BCUT2D eigenvalue weighted by atomic mass is 10.1. The van der Waals surface area contributed by atoms with Crippen LogP contribution < -0.4 is 11.1 Å². The molecule has 9 nitrogen and oxygen atoms in total. The Kier molecular flexibility index (Phi) is 5.11. The Balaban J connectivity index is 1.77. The lowest BCUT2D eigenvalue weighted by Gasteiger charge is -2.03. The van der Waals surface area contributed by atoms with E-state index >= 15 is 0 Å². The number of esters is 1. The summed E-state index contributed by atoms with van der Waals surface area (Å²) in [4.78, 5) is 31.7. The topological polar surface area (TPSA) is 144 Å². The number of aromatic nitrogens is 2. The van der Waals surface area contributed by atoms with E-state index in [9.17, 15) is 9.59 Å². The van der Waals surface area contributed by atoms with Crippen molar-refractivity contribution in [2.45, 2.75) is 6.42 Å². The van der Waals surface area contributed by atoms with Gasteiger partial charge in [-0.25, -0.2) is 9.97 Å². The van der Waals surface area contributed by atoms with Gasteiger partial charge in [-0.2, -0.15) is 0 Å². The number of fused-ring (bicyclic) bond motifs is 1. The van der Waals surface area contributed by atoms with Crippen molar-refractivity contribution in [2.75, 3.05) is 13.7 Å². The minimum Gasteiger partial charge on any atom is -0.469 e. The molecule has 0 radical (unpaired) electrons. The molecular formula is C18H17N5O4. The van der Waals surface area contributed by atoms with Crippen LogP contribution in [0.15, 0.2) is 40.8 Å². The molecule has 0 spiro atoms. The van der Waals surface area contributed by atoms with Crippen LogP contribution >= 0.6 is 0 Å². The van der Waals surface area contributed by atoms with E-state index in [2.05, 4.69) is 20.0 Å². The van der Waals surface area contributed by atoms with Crippen molar-refractivity contribution in [2.24, 2.45) is 5.73 Å². The molecule has 0 aliphatic rings. The SMILES string of the molecule is COC(=O)CCNC(=O)c1ccc2nc(-c3ccc(C(=N)N)cc3)oc2n1. The maximum Gasteiger partial charge on any atom is 0.307 e. The van der Waals surface area contributed by atoms with Gasteiger partial charge in [0.2, 0.25) is 11.6 Å². The van der Waals surface area contributed by atoms with Gasteiger partial charge in [0, 0.05) is 17.7 Å². The zero-order chi connectivity index (χ0) is 19.4. The Morgan fingerprint density at radius 2 is 1.93 bits per heavy atom. The van der Waals surface area contributed by atoms with Gasteiger partial charge in [0.05, 0.1) is 13.5 Å². The molecule has 3 rings (SSSR count). The van der Waals surface area contributed by atoms with Gasteiger partial charge >= 0.3 is 5.97 Å². The van der Waals surface area contributed by atoms with Crippen LogP contribution in [0.1, 0.15) is 22.5 Å². The Morgan fingerprint density at radius 1 is 1.19 bits per heavy atom. The molecule has 1 aromatic carbocycles. The van der Waals surface area contributed by atoms with E-state index in [1.54, 1.807) is 30.3 Å². The minimum absolute atomic E-state index is 0.0244. The number of nitrogens with one attached hydrogen (secondary N) is 2. The summed E-state index contributed by atoms with van der Waals surface area (Å²) in [6.07, 6.45) is 0.0766. The van der Waals surface area contributed by atoms with Gasteiger partial charge < -0.3 is 20.2 Å². The second-order valence-electron chi connectivity index (χ2n) is 5.61. The van der Waals surface area contributed by atoms with Crippen LogP contribution in [0.5, 0.6) is 0 Å². The van der Waals surface area contributed by atoms with Gasteiger partial charge in [0.1, 0.15) is 17.0 Å². The third-order valence-corrected chi connectivity index (χ3v) is 3.77. The fraction of sp³-hybridized carbons (Fsp3) is 0.167. The van der Waals surface area contributed by atoms with Crippen molar-refractivity contribution < 1.29 is 18.7 Å². The van der Waals surface area contributed by atoms with E-state index < -0.39 is 11.9 Å². The number of carbonyl (C=O) groups is 2. The second kappa shape index (κ2) is 7.65. The van der Waals surface area contributed by atoms with E-state index in [-0.39, 0.29) is 30.2 Å². The molecule has 0 atom stereocenters. The van der Waals surface area contributed by atoms with Crippen molar-refractivity contribution in [3.63, 3.8) is 0 Å². The first kappa shape index (κ1) is 18.1. The summed E-state index contributed by atoms with van der Waals surface area (Å²) in [6.45, 7) is 0.148. The van der Waals surface area contributed by atoms with Crippen LogP contribution in [0, 0.1) is 5.41 Å². The number of nitrogens with two attached hydrogens (primary N) is 1. The highest BCUT2D eigenvalue weighted by atomic mass is 16.5. The lowest BCUT2D eigenvalue weighted by molar-refractivity contribution is -0.140. The van der Waals surface area contributed by atoms with Gasteiger partial charge in [0.25, 0.3) is 5.91 Å². The predicted octanol–water partition coefficient (Wildman–Crippen LogP) is 1.47. The highest BCUT2D eigenvalue weighted by Crippen LogP contribution is 2.23. The number of hydrogen-bond acceptors (Lipinski definition) is 7. The van der Waals surface area contributed by atoms with Crippen LogP contribution in [0.2, 0.25) is 0 Å². The minimum atomic E-state index is -0.426. The molecule has 0 aliphatic carbocycles. The Hall–Kier alpha value is -3.75. The average molecular weight is 367 g/mol. The molecule has 4 N–H and O–H groups in total. The molecule has 1 amide bonds. The number of methoxy groups -OCH3 is 1. The van der Waals surface area contributed by atoms with Crippen molar-refractivity contribution in [1.29, 1.82) is 5.41 Å². The molecule has 27 heavy (non-hydrogen) atoms. The maximum absolute atomic E-state index is 12.1. The maximum atomic E-state index is 12.1. The quantitative estimate of drug-likeness (QED) is 0.340. The average Bonchev–Trinajstić information content (AvgIpc) is 3.11. The summed E-state index contributed by atoms with van der Waals surface area (Å²) in [6, 6.07) is 10.0. The number of amides is 1. The number of amidine groups is 1. The molecule has 3 aromatic rings. The number of hydrogen-bond donors (Lipinski definition) is 3. The largest absolute Gasteiger partial charge is 0.469 e. The molecule has 2 heterocycles. The van der Waals surface area contributed by atoms with Crippen molar-refractivity contribution >= 4 is 28.9 Å². The summed E-state index contributed by atoms with van der Waals surface area (Å²) in [5, 5.41) is 10.00. The summed E-state index contributed by atoms with van der Waals surface area (Å²) in [5.41, 5.74) is 7.62. The lowest BCUT2D eigenvalue weighted by Crippen LogP contribution is -2.27. The highest BCUT2D eigenvalue weighted by Gasteiger charge is 2.14. The number of rotatable bonds is 6. The summed E-state index contributed by atoms with van der Waals surface area (Å²) < 4.78 is 10.2. The number of ether oxygens (including phenoxy) is 1. The fourth-order valence-electron chi connectivity index (χ4n) is 2.33. The standard InChI is InChI=1S/C18H17N5O4/c1-26-14(24)8-9-21-16(25)12-6-7-13-18(22-12)27-17(23-13)11-4-2-10(3-5-11)15(19)20/h2-7H,8-9H2,1H3,(H3,19,20)(H,21,25). The smallest absolute Gasteiger partial charge is 0.307 e. The molecular weight excluding hydrogens is 350 g/mol. The molecule has 0 saturated heterocycles. The number of benzene rings is 1. The molecule has 0 saturated carbocycles. The first-order chi connectivity index (χ1) is 13.0. The van der Waals surface area contributed by atoms with E-state index in [4.69, 9.17) is 15.6 Å². The van der Waals surface area contributed by atoms with Gasteiger partial charge in [-0.15, -0.1) is 0 Å². The molecule has 0 bridgehead atoms. The van der Waals surface area contributed by atoms with Crippen LogP contribution in [0.25, 0.3) is 22.7 Å². The predicted molar refractivity (Wildman–Crippen MR) is 97.2 cm³/mol. The number of nitrogen functional groups attached to an aromatic ring is 1. The van der Waals surface area contributed by atoms with Gasteiger partial charge in [-0.1, -0.05) is 12.1 Å². The molecule has 0 unspecified atom stereocenters. The molecule has 0 aliphatic heterocycles. The number of nitrogens with zero attached hydrogens (tertiary/aromatic N) is 2. The molecule has 138 valence electrons. The van der Waals surface area contributed by atoms with Crippen molar-refractivity contribution in [3.05, 3.63) is 47.7 Å². The van der Waals surface area contributed by atoms with Gasteiger partial charge in [-0.05, 0) is 24.3 Å². The van der Waals surface area contributed by atoms with Crippen LogP contribution in [0.4, 0.5) is 0 Å². The third kappa shape index (κ3) is 4.09. The van der Waals surface area contributed by atoms with Crippen molar-refractivity contribution in [1.82, 2.24) is 15.3 Å². The first-order valence-corrected chi connectivity index (χ1v) is 8.05. The summed E-state index contributed by atoms with van der Waals surface area (Å²) in [7, 11) is 1.29. The zero-order valence-corrected chi connectivity index (χ0v) is 14.5. The van der Waals surface area contributed by atoms with E-state index in [1.807, 2.05) is 0 Å². The molecule has 2 aromatic heterocycles. The van der Waals surface area contributed by atoms with E-state index in [0.717, 1.165) is 0 Å². The van der Waals surface area contributed by atoms with Crippen LogP contribution in [-0.2, 0) is 9.53 Å². The molecule has 0 fully saturated rings. The first-order valence-electron chi connectivity index (χ1n) is 8.05. The number of oxazole rings is 1. The Bertz CT molecular complexity index is 1010. The number of pyridine rings is 1. The van der Waals surface area contributed by atoms with E-state index in [1.165, 1.54) is 13.2 Å². The summed E-state index contributed by atoms with van der Waals surface area (Å²) >= 11 is 0. The number of carbonyl (C=O) groups excluding carboxylic acids is 2. The Labute approximate surface area is 154 Å². The van der Waals surface area contributed by atoms with Crippen LogP contribution in [0.3, 0.4) is 0 Å². The van der Waals surface area contributed by atoms with Crippen molar-refractivity contribution in [3.8, 4) is 11.5 Å².